The van der Waals surface area contributed by atoms with Gasteiger partial charge in [0.05, 0.1) is 5.56 Å². The Morgan fingerprint density at radius 2 is 1.93 bits per heavy atom. The average Bonchev–Trinajstić information content (AvgIpc) is 2.61. The number of carbonyl (C=O) groups is 3. The maximum Gasteiger partial charge on any atom is 0.342 e. The van der Waals surface area contributed by atoms with Gasteiger partial charge >= 0.3 is 11.9 Å². The summed E-state index contributed by atoms with van der Waals surface area (Å²) in [4.78, 5) is 36.1. The molecule has 7 nitrogen and oxygen atoms in total. The molecule has 2 aromatic rings. The van der Waals surface area contributed by atoms with E-state index in [0.717, 1.165) is 5.56 Å². The number of fused-ring (bicyclic) bond motifs is 1. The molecule has 2 aromatic carbocycles. The van der Waals surface area contributed by atoms with Crippen LogP contribution in [-0.4, -0.2) is 40.2 Å². The van der Waals surface area contributed by atoms with E-state index in [2.05, 4.69) is 5.32 Å². The van der Waals surface area contributed by atoms with Gasteiger partial charge in [-0.15, -0.1) is 0 Å². The van der Waals surface area contributed by atoms with Gasteiger partial charge in [0.25, 0.3) is 5.91 Å². The molecule has 27 heavy (non-hydrogen) atoms. The zero-order chi connectivity index (χ0) is 19.6. The van der Waals surface area contributed by atoms with E-state index in [1.165, 1.54) is 6.07 Å². The van der Waals surface area contributed by atoms with Crippen molar-refractivity contribution in [2.75, 3.05) is 0 Å². The molecule has 1 aliphatic heterocycles. The summed E-state index contributed by atoms with van der Waals surface area (Å²) in [7, 11) is 0. The molecule has 7 heteroatoms. The summed E-state index contributed by atoms with van der Waals surface area (Å²) in [5.74, 6) is -3.16. The number of rotatable bonds is 5. The summed E-state index contributed by atoms with van der Waals surface area (Å²) in [5.41, 5.74) is 1.12. The van der Waals surface area contributed by atoms with Crippen LogP contribution in [0.1, 0.15) is 38.8 Å². The second kappa shape index (κ2) is 7.49. The van der Waals surface area contributed by atoms with Crippen LogP contribution >= 0.6 is 0 Å². The van der Waals surface area contributed by atoms with Crippen molar-refractivity contribution in [3.63, 3.8) is 0 Å². The molecule has 1 heterocycles. The molecule has 0 saturated carbocycles. The van der Waals surface area contributed by atoms with Gasteiger partial charge in [-0.05, 0) is 24.1 Å². The van der Waals surface area contributed by atoms with Gasteiger partial charge in [0.15, 0.2) is 0 Å². The molecule has 1 aliphatic rings. The number of amides is 1. The van der Waals surface area contributed by atoms with Crippen molar-refractivity contribution >= 4 is 17.8 Å². The smallest absolute Gasteiger partial charge is 0.342 e. The van der Waals surface area contributed by atoms with Gasteiger partial charge in [0, 0.05) is 12.8 Å². The van der Waals surface area contributed by atoms with Crippen LogP contribution in [0.4, 0.5) is 0 Å². The largest absolute Gasteiger partial charge is 0.506 e. The standard InChI is InChI=1S/C20H19NO6/c1-11-9-13-7-8-14(17(22)16(13)20(26)27-11)18(23)21-15(19(24)25)10-12-5-3-2-4-6-12/h2-8,11,15,22H,9-10H2,1H3,(H,21,23)(H,24,25)/t11-,15-/m1/s1. The van der Waals surface area contributed by atoms with Gasteiger partial charge in [0.2, 0.25) is 0 Å². The molecule has 0 radical (unpaired) electrons. The van der Waals surface area contributed by atoms with Crippen LogP contribution in [0.3, 0.4) is 0 Å². The van der Waals surface area contributed by atoms with E-state index in [4.69, 9.17) is 4.74 Å². The van der Waals surface area contributed by atoms with E-state index in [1.807, 2.05) is 6.07 Å². The van der Waals surface area contributed by atoms with Crippen molar-refractivity contribution in [1.29, 1.82) is 0 Å². The minimum atomic E-state index is -1.20. The SMILES string of the molecule is C[C@@H]1Cc2ccc(C(=O)N[C@H](Cc3ccccc3)C(=O)O)c(O)c2C(=O)O1. The summed E-state index contributed by atoms with van der Waals surface area (Å²) < 4.78 is 5.10. The summed E-state index contributed by atoms with van der Waals surface area (Å²) in [5, 5.41) is 22.2. The monoisotopic (exact) mass is 369 g/mol. The van der Waals surface area contributed by atoms with Gasteiger partial charge in [-0.2, -0.15) is 0 Å². The first kappa shape index (κ1) is 18.4. The third-order valence-electron chi connectivity index (χ3n) is 4.41. The Hall–Kier alpha value is -3.35. The minimum absolute atomic E-state index is 0.0457. The highest BCUT2D eigenvalue weighted by atomic mass is 16.5. The van der Waals surface area contributed by atoms with Crippen LogP contribution in [0.5, 0.6) is 5.75 Å². The van der Waals surface area contributed by atoms with E-state index in [0.29, 0.717) is 12.0 Å². The fraction of sp³-hybridized carbons (Fsp3) is 0.250. The molecular weight excluding hydrogens is 350 g/mol. The second-order valence-electron chi connectivity index (χ2n) is 6.47. The molecule has 1 amide bonds. The normalized spacial score (nSPS) is 16.8. The Morgan fingerprint density at radius 1 is 1.22 bits per heavy atom. The fourth-order valence-corrected chi connectivity index (χ4v) is 3.09. The number of aliphatic carboxylic acids is 1. The highest BCUT2D eigenvalue weighted by Gasteiger charge is 2.30. The van der Waals surface area contributed by atoms with E-state index in [-0.39, 0.29) is 23.7 Å². The van der Waals surface area contributed by atoms with Crippen LogP contribution in [0.15, 0.2) is 42.5 Å². The second-order valence-corrected chi connectivity index (χ2v) is 6.47. The lowest BCUT2D eigenvalue weighted by Gasteiger charge is -2.23. The number of hydrogen-bond donors (Lipinski definition) is 3. The van der Waals surface area contributed by atoms with Crippen molar-refractivity contribution in [2.45, 2.75) is 31.9 Å². The molecule has 0 bridgehead atoms. The van der Waals surface area contributed by atoms with E-state index >= 15 is 0 Å². The maximum atomic E-state index is 12.5. The number of nitrogens with one attached hydrogen (secondary N) is 1. The number of ether oxygens (including phenoxy) is 1. The maximum absolute atomic E-state index is 12.5. The molecule has 0 unspecified atom stereocenters. The molecule has 0 aliphatic carbocycles. The van der Waals surface area contributed by atoms with E-state index in [1.54, 1.807) is 37.3 Å². The Morgan fingerprint density at radius 3 is 2.59 bits per heavy atom. The van der Waals surface area contributed by atoms with E-state index < -0.39 is 29.6 Å². The molecule has 3 rings (SSSR count). The first-order valence-electron chi connectivity index (χ1n) is 8.50. The molecule has 0 spiro atoms. The zero-order valence-corrected chi connectivity index (χ0v) is 14.6. The van der Waals surface area contributed by atoms with Crippen LogP contribution < -0.4 is 5.32 Å². The Kier molecular flexibility index (Phi) is 5.12. The molecule has 3 N–H and O–H groups in total. The van der Waals surface area contributed by atoms with Crippen molar-refractivity contribution in [3.8, 4) is 5.75 Å². The average molecular weight is 369 g/mol. The lowest BCUT2D eigenvalue weighted by Crippen LogP contribution is -2.42. The number of cyclic esters (lactones) is 1. The quantitative estimate of drug-likeness (QED) is 0.694. The number of esters is 1. The fourth-order valence-electron chi connectivity index (χ4n) is 3.09. The summed E-state index contributed by atoms with van der Waals surface area (Å²) >= 11 is 0. The van der Waals surface area contributed by atoms with Crippen molar-refractivity contribution < 1.29 is 29.3 Å². The lowest BCUT2D eigenvalue weighted by atomic mass is 9.95. The molecule has 2 atom stereocenters. The lowest BCUT2D eigenvalue weighted by molar-refractivity contribution is -0.139. The zero-order valence-electron chi connectivity index (χ0n) is 14.6. The number of hydrogen-bond acceptors (Lipinski definition) is 5. The number of carboxylic acids is 1. The molecular formula is C20H19NO6. The first-order chi connectivity index (χ1) is 12.9. The Balaban J connectivity index is 1.84. The molecule has 140 valence electrons. The van der Waals surface area contributed by atoms with Gasteiger partial charge in [-0.3, -0.25) is 4.79 Å². The van der Waals surface area contributed by atoms with E-state index in [9.17, 15) is 24.6 Å². The van der Waals surface area contributed by atoms with Gasteiger partial charge in [0.1, 0.15) is 23.5 Å². The van der Waals surface area contributed by atoms with Crippen molar-refractivity contribution in [2.24, 2.45) is 0 Å². The summed E-state index contributed by atoms with van der Waals surface area (Å²) in [6.07, 6.45) is 0.210. The first-order valence-corrected chi connectivity index (χ1v) is 8.50. The molecule has 0 fully saturated rings. The molecule has 0 saturated heterocycles. The topological polar surface area (TPSA) is 113 Å². The van der Waals surface area contributed by atoms with Crippen molar-refractivity contribution in [3.05, 3.63) is 64.7 Å². The predicted octanol–water partition coefficient (Wildman–Crippen LogP) is 1.92. The summed E-state index contributed by atoms with van der Waals surface area (Å²) in [6.45, 7) is 1.74. The number of benzene rings is 2. The highest BCUT2D eigenvalue weighted by Crippen LogP contribution is 2.31. The number of carbonyl (C=O) groups excluding carboxylic acids is 2. The highest BCUT2D eigenvalue weighted by molar-refractivity contribution is 6.04. The van der Waals surface area contributed by atoms with Crippen LogP contribution in [0.2, 0.25) is 0 Å². The number of phenolic OH excluding ortho intramolecular Hbond substituents is 1. The summed E-state index contributed by atoms with van der Waals surface area (Å²) in [6, 6.07) is 10.7. The van der Waals surface area contributed by atoms with Crippen LogP contribution in [-0.2, 0) is 22.4 Å². The van der Waals surface area contributed by atoms with Gasteiger partial charge < -0.3 is 20.3 Å². The number of phenols is 1. The van der Waals surface area contributed by atoms with Crippen LogP contribution in [0, 0.1) is 0 Å². The molecule has 0 aromatic heterocycles. The minimum Gasteiger partial charge on any atom is -0.506 e. The Bertz CT molecular complexity index is 893. The van der Waals surface area contributed by atoms with Crippen molar-refractivity contribution in [1.82, 2.24) is 5.32 Å². The predicted molar refractivity (Wildman–Crippen MR) is 95.7 cm³/mol. The third-order valence-corrected chi connectivity index (χ3v) is 4.41. The van der Waals surface area contributed by atoms with Crippen LogP contribution in [0.25, 0.3) is 0 Å². The number of aromatic hydroxyl groups is 1. The number of carboxylic acid groups (broad SMARTS) is 1. The van der Waals surface area contributed by atoms with Gasteiger partial charge in [-0.1, -0.05) is 36.4 Å². The Labute approximate surface area is 155 Å². The third kappa shape index (κ3) is 3.92. The van der Waals surface area contributed by atoms with Gasteiger partial charge in [-0.25, -0.2) is 9.59 Å².